The van der Waals surface area contributed by atoms with Crippen molar-refractivity contribution in [1.29, 1.82) is 0 Å². The second-order valence-corrected chi connectivity index (χ2v) is 6.69. The number of ether oxygens (including phenoxy) is 1. The molecular weight excluding hydrogens is 318 g/mol. The zero-order chi connectivity index (χ0) is 15.1. The largest absolute Gasteiger partial charge is 0.490 e. The molecule has 2 unspecified atom stereocenters. The number of benzene rings is 1. The quantitative estimate of drug-likeness (QED) is 0.758. The maximum absolute atomic E-state index is 9.94. The molecule has 0 saturated carbocycles. The maximum atomic E-state index is 9.94. The van der Waals surface area contributed by atoms with Crippen LogP contribution in [0, 0.1) is 12.8 Å². The van der Waals surface area contributed by atoms with E-state index in [0.717, 1.165) is 16.6 Å². The molecule has 1 aromatic rings. The number of aliphatic hydroxyl groups excluding tert-OH is 1. The second-order valence-electron chi connectivity index (χ2n) is 5.84. The highest BCUT2D eigenvalue weighted by Gasteiger charge is 2.10. The molecule has 0 bridgehead atoms. The van der Waals surface area contributed by atoms with Gasteiger partial charge in [0.15, 0.2) is 0 Å². The Balaban J connectivity index is 2.30. The van der Waals surface area contributed by atoms with E-state index in [1.54, 1.807) is 0 Å². The number of aliphatic hydroxyl groups is 1. The molecule has 0 aliphatic rings. The van der Waals surface area contributed by atoms with Crippen molar-refractivity contribution in [1.82, 2.24) is 5.32 Å². The minimum Gasteiger partial charge on any atom is -0.490 e. The van der Waals surface area contributed by atoms with E-state index < -0.39 is 6.10 Å². The lowest BCUT2D eigenvalue weighted by Gasteiger charge is -2.19. The summed E-state index contributed by atoms with van der Waals surface area (Å²) in [4.78, 5) is 0. The van der Waals surface area contributed by atoms with Crippen LogP contribution in [0.3, 0.4) is 0 Å². The molecule has 0 amide bonds. The van der Waals surface area contributed by atoms with Crippen molar-refractivity contribution in [2.45, 2.75) is 46.3 Å². The van der Waals surface area contributed by atoms with Gasteiger partial charge in [0.2, 0.25) is 0 Å². The molecule has 2 atom stereocenters. The van der Waals surface area contributed by atoms with E-state index in [4.69, 9.17) is 4.74 Å². The zero-order valence-corrected chi connectivity index (χ0v) is 14.4. The van der Waals surface area contributed by atoms with Gasteiger partial charge in [-0.25, -0.2) is 0 Å². The van der Waals surface area contributed by atoms with Gasteiger partial charge in [0, 0.05) is 12.6 Å². The van der Waals surface area contributed by atoms with E-state index >= 15 is 0 Å². The summed E-state index contributed by atoms with van der Waals surface area (Å²) in [5, 5.41) is 13.3. The fourth-order valence-corrected chi connectivity index (χ4v) is 2.70. The predicted octanol–water partition coefficient (Wildman–Crippen LogP) is 3.52. The van der Waals surface area contributed by atoms with Crippen molar-refractivity contribution in [2.75, 3.05) is 13.2 Å². The molecule has 0 heterocycles. The summed E-state index contributed by atoms with van der Waals surface area (Å²) in [7, 11) is 0. The standard InChI is InChI=1S/C16H26BrNO2/c1-11(2)7-13(4)18-9-14(19)10-20-16-6-5-12(3)8-15(16)17/h5-6,8,11,13-14,18-19H,7,9-10H2,1-4H3. The molecule has 0 aliphatic carbocycles. The molecule has 4 heteroatoms. The average molecular weight is 344 g/mol. The monoisotopic (exact) mass is 343 g/mol. The Kier molecular flexibility index (Phi) is 7.56. The van der Waals surface area contributed by atoms with E-state index in [1.807, 2.05) is 25.1 Å². The van der Waals surface area contributed by atoms with Gasteiger partial charge in [-0.05, 0) is 59.8 Å². The van der Waals surface area contributed by atoms with Gasteiger partial charge in [-0.2, -0.15) is 0 Å². The van der Waals surface area contributed by atoms with Gasteiger partial charge < -0.3 is 15.2 Å². The van der Waals surface area contributed by atoms with Gasteiger partial charge in [-0.3, -0.25) is 0 Å². The molecule has 0 radical (unpaired) electrons. The first-order valence-corrected chi connectivity index (χ1v) is 7.98. The van der Waals surface area contributed by atoms with Crippen molar-refractivity contribution < 1.29 is 9.84 Å². The maximum Gasteiger partial charge on any atom is 0.133 e. The molecule has 2 N–H and O–H groups in total. The Morgan fingerprint density at radius 3 is 2.60 bits per heavy atom. The normalized spacial score (nSPS) is 14.3. The van der Waals surface area contributed by atoms with E-state index in [2.05, 4.69) is 42.0 Å². The summed E-state index contributed by atoms with van der Waals surface area (Å²) in [5.41, 5.74) is 1.17. The third kappa shape index (κ3) is 6.73. The lowest BCUT2D eigenvalue weighted by atomic mass is 10.1. The second kappa shape index (κ2) is 8.65. The van der Waals surface area contributed by atoms with E-state index in [1.165, 1.54) is 5.56 Å². The molecule has 1 rings (SSSR count). The van der Waals surface area contributed by atoms with Crippen LogP contribution < -0.4 is 10.1 Å². The molecule has 20 heavy (non-hydrogen) atoms. The highest BCUT2D eigenvalue weighted by molar-refractivity contribution is 9.10. The van der Waals surface area contributed by atoms with Crippen molar-refractivity contribution in [3.05, 3.63) is 28.2 Å². The zero-order valence-electron chi connectivity index (χ0n) is 12.8. The minimum absolute atomic E-state index is 0.295. The minimum atomic E-state index is -0.502. The number of hydrogen-bond acceptors (Lipinski definition) is 3. The summed E-state index contributed by atoms with van der Waals surface area (Å²) >= 11 is 3.46. The SMILES string of the molecule is Cc1ccc(OCC(O)CNC(C)CC(C)C)c(Br)c1. The van der Waals surface area contributed by atoms with Crippen LogP contribution in [0.1, 0.15) is 32.8 Å². The Morgan fingerprint density at radius 2 is 2.00 bits per heavy atom. The number of nitrogens with one attached hydrogen (secondary N) is 1. The number of aryl methyl sites for hydroxylation is 1. The fourth-order valence-electron chi connectivity index (χ4n) is 2.10. The van der Waals surface area contributed by atoms with Crippen molar-refractivity contribution in [3.63, 3.8) is 0 Å². The van der Waals surface area contributed by atoms with Gasteiger partial charge in [0.1, 0.15) is 18.5 Å². The summed E-state index contributed by atoms with van der Waals surface area (Å²) in [5.74, 6) is 1.43. The smallest absolute Gasteiger partial charge is 0.133 e. The van der Waals surface area contributed by atoms with Crippen LogP contribution in [-0.4, -0.2) is 30.4 Å². The summed E-state index contributed by atoms with van der Waals surface area (Å²) in [6.07, 6.45) is 0.606. The lowest BCUT2D eigenvalue weighted by molar-refractivity contribution is 0.103. The van der Waals surface area contributed by atoms with Crippen LogP contribution >= 0.6 is 15.9 Å². The average Bonchev–Trinajstić information content (AvgIpc) is 2.34. The molecule has 0 spiro atoms. The number of rotatable bonds is 8. The topological polar surface area (TPSA) is 41.5 Å². The van der Waals surface area contributed by atoms with Gasteiger partial charge in [0.05, 0.1) is 4.47 Å². The summed E-state index contributed by atoms with van der Waals surface area (Å²) in [6.45, 7) is 9.42. The van der Waals surface area contributed by atoms with E-state index in [0.29, 0.717) is 25.1 Å². The predicted molar refractivity (Wildman–Crippen MR) is 87.3 cm³/mol. The first-order valence-electron chi connectivity index (χ1n) is 7.19. The van der Waals surface area contributed by atoms with Crippen molar-refractivity contribution >= 4 is 15.9 Å². The molecule has 0 fully saturated rings. The first-order chi connectivity index (χ1) is 9.38. The third-order valence-electron chi connectivity index (χ3n) is 3.05. The highest BCUT2D eigenvalue weighted by atomic mass is 79.9. The summed E-state index contributed by atoms with van der Waals surface area (Å²) < 4.78 is 6.55. The van der Waals surface area contributed by atoms with Gasteiger partial charge in [-0.1, -0.05) is 19.9 Å². The molecule has 1 aromatic carbocycles. The van der Waals surface area contributed by atoms with Crippen LogP contribution in [0.2, 0.25) is 0 Å². The Hall–Kier alpha value is -0.580. The van der Waals surface area contributed by atoms with Gasteiger partial charge >= 0.3 is 0 Å². The number of halogens is 1. The number of hydrogen-bond donors (Lipinski definition) is 2. The molecule has 3 nitrogen and oxygen atoms in total. The van der Waals surface area contributed by atoms with Crippen LogP contribution in [0.5, 0.6) is 5.75 Å². The molecule has 114 valence electrons. The van der Waals surface area contributed by atoms with Crippen LogP contribution in [0.15, 0.2) is 22.7 Å². The van der Waals surface area contributed by atoms with Gasteiger partial charge in [-0.15, -0.1) is 0 Å². The molecule has 0 aliphatic heterocycles. The molecule has 0 aromatic heterocycles. The van der Waals surface area contributed by atoms with E-state index in [9.17, 15) is 5.11 Å². The lowest BCUT2D eigenvalue weighted by Crippen LogP contribution is -2.37. The fraction of sp³-hybridized carbons (Fsp3) is 0.625. The first kappa shape index (κ1) is 17.5. The molecular formula is C16H26BrNO2. The molecule has 0 saturated heterocycles. The third-order valence-corrected chi connectivity index (χ3v) is 3.67. The Bertz CT molecular complexity index is 409. The highest BCUT2D eigenvalue weighted by Crippen LogP contribution is 2.25. The van der Waals surface area contributed by atoms with Crippen molar-refractivity contribution in [3.8, 4) is 5.75 Å². The van der Waals surface area contributed by atoms with Crippen LogP contribution in [-0.2, 0) is 0 Å². The van der Waals surface area contributed by atoms with Crippen molar-refractivity contribution in [2.24, 2.45) is 5.92 Å². The van der Waals surface area contributed by atoms with Crippen LogP contribution in [0.4, 0.5) is 0 Å². The van der Waals surface area contributed by atoms with Crippen LogP contribution in [0.25, 0.3) is 0 Å². The van der Waals surface area contributed by atoms with E-state index in [-0.39, 0.29) is 0 Å². The summed E-state index contributed by atoms with van der Waals surface area (Å²) in [6, 6.07) is 6.33. The Labute approximate surface area is 130 Å². The Morgan fingerprint density at radius 1 is 1.30 bits per heavy atom. The van der Waals surface area contributed by atoms with Gasteiger partial charge in [0.25, 0.3) is 0 Å².